The van der Waals surface area contributed by atoms with Gasteiger partial charge in [-0.1, -0.05) is 0 Å². The minimum atomic E-state index is -0.437. The molecular weight excluding hydrogens is 324 g/mol. The number of rotatable bonds is 6. The first kappa shape index (κ1) is 16.8. The van der Waals surface area contributed by atoms with Crippen LogP contribution < -0.4 is 10.6 Å². The third-order valence-corrected chi connectivity index (χ3v) is 4.05. The zero-order valence-electron chi connectivity index (χ0n) is 13.7. The average molecular weight is 342 g/mol. The zero-order chi connectivity index (χ0) is 17.8. The summed E-state index contributed by atoms with van der Waals surface area (Å²) in [4.78, 5) is 35.6. The summed E-state index contributed by atoms with van der Waals surface area (Å²) in [6.07, 6.45) is 2.07. The van der Waals surface area contributed by atoms with Crippen molar-refractivity contribution < 1.29 is 23.5 Å². The van der Waals surface area contributed by atoms with Crippen LogP contribution in [0.2, 0.25) is 0 Å². The molecule has 2 amide bonds. The van der Waals surface area contributed by atoms with Gasteiger partial charge in [0.2, 0.25) is 11.8 Å². The number of benzene rings is 1. The second kappa shape index (κ2) is 7.21. The molecule has 2 aromatic rings. The van der Waals surface area contributed by atoms with Crippen molar-refractivity contribution in [2.75, 3.05) is 12.4 Å². The highest BCUT2D eigenvalue weighted by atomic mass is 16.5. The molecule has 0 spiro atoms. The lowest BCUT2D eigenvalue weighted by molar-refractivity contribution is -0.125. The summed E-state index contributed by atoms with van der Waals surface area (Å²) in [5.74, 6) is -0.781. The number of ether oxygens (including phenoxy) is 1. The molecule has 3 rings (SSSR count). The fourth-order valence-electron chi connectivity index (χ4n) is 2.54. The summed E-state index contributed by atoms with van der Waals surface area (Å²) in [5.41, 5.74) is 0.974. The third kappa shape index (κ3) is 4.06. The van der Waals surface area contributed by atoms with Crippen LogP contribution in [0.1, 0.15) is 22.5 Å². The van der Waals surface area contributed by atoms with Gasteiger partial charge in [-0.3, -0.25) is 9.59 Å². The SMILES string of the molecule is COC(=O)c1ccc(NC(=O)C2CC2C(=O)NCc2ccco2)cc1. The lowest BCUT2D eigenvalue weighted by Crippen LogP contribution is -2.26. The number of hydrogen-bond acceptors (Lipinski definition) is 5. The smallest absolute Gasteiger partial charge is 0.337 e. The van der Waals surface area contributed by atoms with Gasteiger partial charge in [0.25, 0.3) is 0 Å². The van der Waals surface area contributed by atoms with Gasteiger partial charge in [-0.2, -0.15) is 0 Å². The first-order chi connectivity index (χ1) is 12.1. The molecule has 25 heavy (non-hydrogen) atoms. The predicted molar refractivity (Wildman–Crippen MR) is 88.6 cm³/mol. The summed E-state index contributed by atoms with van der Waals surface area (Å²) in [6.45, 7) is 0.311. The van der Waals surface area contributed by atoms with Gasteiger partial charge in [-0.25, -0.2) is 4.79 Å². The first-order valence-corrected chi connectivity index (χ1v) is 7.88. The molecule has 1 saturated carbocycles. The van der Waals surface area contributed by atoms with Gasteiger partial charge >= 0.3 is 5.97 Å². The molecular formula is C18H18N2O5. The molecule has 2 unspecified atom stereocenters. The van der Waals surface area contributed by atoms with Crippen LogP contribution in [-0.2, 0) is 20.9 Å². The van der Waals surface area contributed by atoms with Crippen molar-refractivity contribution in [3.63, 3.8) is 0 Å². The Morgan fingerprint density at radius 3 is 2.48 bits per heavy atom. The van der Waals surface area contributed by atoms with Crippen LogP contribution in [0.15, 0.2) is 47.1 Å². The largest absolute Gasteiger partial charge is 0.467 e. The molecule has 0 radical (unpaired) electrons. The molecule has 1 heterocycles. The van der Waals surface area contributed by atoms with Crippen molar-refractivity contribution >= 4 is 23.5 Å². The van der Waals surface area contributed by atoms with E-state index in [9.17, 15) is 14.4 Å². The van der Waals surface area contributed by atoms with Crippen LogP contribution in [0, 0.1) is 11.8 Å². The minimum absolute atomic E-state index is 0.155. The third-order valence-electron chi connectivity index (χ3n) is 4.05. The Balaban J connectivity index is 1.48. The Bertz CT molecular complexity index is 767. The maximum absolute atomic E-state index is 12.2. The maximum Gasteiger partial charge on any atom is 0.337 e. The van der Waals surface area contributed by atoms with Crippen molar-refractivity contribution in [1.29, 1.82) is 0 Å². The quantitative estimate of drug-likeness (QED) is 0.782. The van der Waals surface area contributed by atoms with E-state index in [-0.39, 0.29) is 23.7 Å². The molecule has 130 valence electrons. The number of carbonyl (C=O) groups excluding carboxylic acids is 3. The fraction of sp³-hybridized carbons (Fsp3) is 0.278. The van der Waals surface area contributed by atoms with Crippen LogP contribution in [0.3, 0.4) is 0 Å². The number of amides is 2. The highest BCUT2D eigenvalue weighted by molar-refractivity contribution is 5.99. The lowest BCUT2D eigenvalue weighted by Gasteiger charge is -2.06. The van der Waals surface area contributed by atoms with Crippen LogP contribution in [0.5, 0.6) is 0 Å². The molecule has 1 aliphatic rings. The van der Waals surface area contributed by atoms with Gasteiger partial charge < -0.3 is 19.8 Å². The fourth-order valence-corrected chi connectivity index (χ4v) is 2.54. The van der Waals surface area contributed by atoms with E-state index < -0.39 is 5.97 Å². The molecule has 1 aromatic carbocycles. The van der Waals surface area contributed by atoms with E-state index in [1.807, 2.05) is 0 Å². The number of furan rings is 1. The Morgan fingerprint density at radius 1 is 1.12 bits per heavy atom. The van der Waals surface area contributed by atoms with Crippen LogP contribution in [0.4, 0.5) is 5.69 Å². The summed E-state index contributed by atoms with van der Waals surface area (Å²) >= 11 is 0. The number of nitrogens with one attached hydrogen (secondary N) is 2. The number of hydrogen-bond donors (Lipinski definition) is 2. The van der Waals surface area contributed by atoms with Gasteiger partial charge in [-0.05, 0) is 42.8 Å². The summed E-state index contributed by atoms with van der Waals surface area (Å²) in [7, 11) is 1.31. The van der Waals surface area contributed by atoms with Crippen LogP contribution in [0.25, 0.3) is 0 Å². The van der Waals surface area contributed by atoms with E-state index in [1.54, 1.807) is 42.7 Å². The Labute approximate surface area is 144 Å². The molecule has 0 saturated heterocycles. The highest BCUT2D eigenvalue weighted by Crippen LogP contribution is 2.39. The molecule has 1 aliphatic carbocycles. The molecule has 7 heteroatoms. The molecule has 2 N–H and O–H groups in total. The molecule has 1 fully saturated rings. The normalized spacial score (nSPS) is 18.3. The highest BCUT2D eigenvalue weighted by Gasteiger charge is 2.47. The van der Waals surface area contributed by atoms with E-state index in [0.29, 0.717) is 30.0 Å². The second-order valence-corrected chi connectivity index (χ2v) is 5.80. The van der Waals surface area contributed by atoms with E-state index in [2.05, 4.69) is 15.4 Å². The molecule has 0 bridgehead atoms. The summed E-state index contributed by atoms with van der Waals surface area (Å²) in [6, 6.07) is 9.91. The standard InChI is InChI=1S/C18H18N2O5/c1-24-18(23)11-4-6-12(7-5-11)20-17(22)15-9-14(15)16(21)19-10-13-3-2-8-25-13/h2-8,14-15H,9-10H2,1H3,(H,19,21)(H,20,22). The van der Waals surface area contributed by atoms with E-state index in [4.69, 9.17) is 4.42 Å². The molecule has 7 nitrogen and oxygen atoms in total. The maximum atomic E-state index is 12.2. The lowest BCUT2D eigenvalue weighted by atomic mass is 10.2. The first-order valence-electron chi connectivity index (χ1n) is 7.88. The average Bonchev–Trinajstić information content (AvgIpc) is 3.27. The van der Waals surface area contributed by atoms with Gasteiger partial charge in [0, 0.05) is 5.69 Å². The molecule has 1 aromatic heterocycles. The molecule has 0 aliphatic heterocycles. The van der Waals surface area contributed by atoms with E-state index >= 15 is 0 Å². The monoisotopic (exact) mass is 342 g/mol. The van der Waals surface area contributed by atoms with E-state index in [1.165, 1.54) is 7.11 Å². The van der Waals surface area contributed by atoms with E-state index in [0.717, 1.165) is 0 Å². The topological polar surface area (TPSA) is 97.6 Å². The van der Waals surface area contributed by atoms with Gasteiger partial charge in [0.05, 0.1) is 37.3 Å². The number of carbonyl (C=O) groups is 3. The van der Waals surface area contributed by atoms with Crippen LogP contribution >= 0.6 is 0 Å². The Morgan fingerprint density at radius 2 is 1.84 bits per heavy atom. The number of anilines is 1. The van der Waals surface area contributed by atoms with Gasteiger partial charge in [0.1, 0.15) is 5.76 Å². The second-order valence-electron chi connectivity index (χ2n) is 5.80. The van der Waals surface area contributed by atoms with Crippen molar-refractivity contribution in [3.8, 4) is 0 Å². The Kier molecular flexibility index (Phi) is 4.83. The van der Waals surface area contributed by atoms with Gasteiger partial charge in [-0.15, -0.1) is 0 Å². The predicted octanol–water partition coefficient (Wildman–Crippen LogP) is 1.96. The molecule has 2 atom stereocenters. The zero-order valence-corrected chi connectivity index (χ0v) is 13.7. The van der Waals surface area contributed by atoms with Gasteiger partial charge in [0.15, 0.2) is 0 Å². The number of esters is 1. The van der Waals surface area contributed by atoms with Crippen molar-refractivity contribution in [1.82, 2.24) is 5.32 Å². The number of methoxy groups -OCH3 is 1. The summed E-state index contributed by atoms with van der Waals surface area (Å²) < 4.78 is 9.76. The van der Waals surface area contributed by atoms with Crippen LogP contribution in [-0.4, -0.2) is 24.9 Å². The minimum Gasteiger partial charge on any atom is -0.467 e. The van der Waals surface area contributed by atoms with Crippen molar-refractivity contribution in [3.05, 3.63) is 54.0 Å². The van der Waals surface area contributed by atoms with Crippen molar-refractivity contribution in [2.45, 2.75) is 13.0 Å². The van der Waals surface area contributed by atoms with Crippen molar-refractivity contribution in [2.24, 2.45) is 11.8 Å². The Hall–Kier alpha value is -3.09. The summed E-state index contributed by atoms with van der Waals surface area (Å²) in [5, 5.41) is 5.51.